The van der Waals surface area contributed by atoms with E-state index in [2.05, 4.69) is 32.7 Å². The van der Waals surface area contributed by atoms with E-state index in [1.807, 2.05) is 18.1 Å². The number of rotatable bonds is 2. The fourth-order valence-corrected chi connectivity index (χ4v) is 2.34. The average molecular weight is 349 g/mol. The summed E-state index contributed by atoms with van der Waals surface area (Å²) in [6.45, 7) is 3.60. The number of nitrogens with zero attached hydrogens (tertiary/aromatic N) is 4. The van der Waals surface area contributed by atoms with Gasteiger partial charge in [-0.3, -0.25) is 4.68 Å². The molecule has 1 fully saturated rings. The standard InChI is InChI=1S/C10H16IN5O/c1-15-7-8(11)9(14-15)6-13-10(12)16-2-4-17-5-3-16/h7H,2-6H2,1H3,(H2,12,13). The Morgan fingerprint density at radius 2 is 2.29 bits per heavy atom. The minimum Gasteiger partial charge on any atom is -0.378 e. The van der Waals surface area contributed by atoms with Crippen molar-refractivity contribution >= 4 is 28.6 Å². The number of ether oxygens (including phenoxy) is 1. The summed E-state index contributed by atoms with van der Waals surface area (Å²) in [4.78, 5) is 6.42. The molecule has 0 aromatic carbocycles. The van der Waals surface area contributed by atoms with Gasteiger partial charge in [-0.2, -0.15) is 5.10 Å². The largest absolute Gasteiger partial charge is 0.378 e. The van der Waals surface area contributed by atoms with E-state index in [0.29, 0.717) is 12.5 Å². The molecule has 0 radical (unpaired) electrons. The summed E-state index contributed by atoms with van der Waals surface area (Å²) in [7, 11) is 1.90. The molecule has 0 unspecified atom stereocenters. The highest BCUT2D eigenvalue weighted by atomic mass is 127. The lowest BCUT2D eigenvalue weighted by molar-refractivity contribution is 0.0674. The van der Waals surface area contributed by atoms with E-state index in [9.17, 15) is 0 Å². The lowest BCUT2D eigenvalue weighted by Gasteiger charge is -2.27. The maximum Gasteiger partial charge on any atom is 0.191 e. The SMILES string of the molecule is Cn1cc(I)c(CN=C(N)N2CCOCC2)n1. The first-order valence-electron chi connectivity index (χ1n) is 5.47. The summed E-state index contributed by atoms with van der Waals surface area (Å²) in [6.07, 6.45) is 1.97. The van der Waals surface area contributed by atoms with Crippen molar-refractivity contribution in [2.45, 2.75) is 6.54 Å². The molecule has 0 atom stereocenters. The molecular weight excluding hydrogens is 333 g/mol. The van der Waals surface area contributed by atoms with Crippen LogP contribution < -0.4 is 5.73 Å². The minimum atomic E-state index is 0.530. The Balaban J connectivity index is 1.97. The van der Waals surface area contributed by atoms with Gasteiger partial charge in [0.25, 0.3) is 0 Å². The van der Waals surface area contributed by atoms with E-state index in [0.717, 1.165) is 35.6 Å². The number of morpholine rings is 1. The quantitative estimate of drug-likeness (QED) is 0.470. The van der Waals surface area contributed by atoms with Gasteiger partial charge in [0.15, 0.2) is 5.96 Å². The monoisotopic (exact) mass is 349 g/mol. The summed E-state index contributed by atoms with van der Waals surface area (Å²) < 4.78 is 8.17. The smallest absolute Gasteiger partial charge is 0.191 e. The average Bonchev–Trinajstić information content (AvgIpc) is 2.66. The first-order valence-corrected chi connectivity index (χ1v) is 6.55. The van der Waals surface area contributed by atoms with Gasteiger partial charge in [-0.05, 0) is 22.6 Å². The molecule has 17 heavy (non-hydrogen) atoms. The molecule has 0 saturated carbocycles. The van der Waals surface area contributed by atoms with Gasteiger partial charge in [0.1, 0.15) is 0 Å². The zero-order valence-electron chi connectivity index (χ0n) is 9.77. The molecule has 2 N–H and O–H groups in total. The van der Waals surface area contributed by atoms with Crippen molar-refractivity contribution in [2.75, 3.05) is 26.3 Å². The van der Waals surface area contributed by atoms with Crippen LogP contribution in [0.2, 0.25) is 0 Å². The van der Waals surface area contributed by atoms with Crippen molar-refractivity contribution in [3.63, 3.8) is 0 Å². The molecule has 1 aromatic rings. The second kappa shape index (κ2) is 5.67. The van der Waals surface area contributed by atoms with Gasteiger partial charge in [0, 0.05) is 26.3 Å². The normalized spacial score (nSPS) is 17.5. The number of hydrogen-bond acceptors (Lipinski definition) is 3. The maximum atomic E-state index is 5.94. The van der Waals surface area contributed by atoms with Gasteiger partial charge < -0.3 is 15.4 Å². The maximum absolute atomic E-state index is 5.94. The highest BCUT2D eigenvalue weighted by molar-refractivity contribution is 14.1. The third-order valence-electron chi connectivity index (χ3n) is 2.58. The number of nitrogens with two attached hydrogens (primary N) is 1. The van der Waals surface area contributed by atoms with Gasteiger partial charge in [-0.25, -0.2) is 4.99 Å². The van der Waals surface area contributed by atoms with Crippen LogP contribution in [0, 0.1) is 3.57 Å². The number of guanidine groups is 1. The Hall–Kier alpha value is -0.830. The van der Waals surface area contributed by atoms with Gasteiger partial charge in [-0.15, -0.1) is 0 Å². The molecule has 0 bridgehead atoms. The molecule has 1 saturated heterocycles. The second-order valence-corrected chi connectivity index (χ2v) is 5.03. The van der Waals surface area contributed by atoms with Crippen molar-refractivity contribution in [3.8, 4) is 0 Å². The molecule has 6 nitrogen and oxygen atoms in total. The molecule has 0 aliphatic carbocycles. The predicted molar refractivity (Wildman–Crippen MR) is 73.6 cm³/mol. The number of aromatic nitrogens is 2. The number of aliphatic imine (C=N–C) groups is 1. The van der Waals surface area contributed by atoms with Crippen LogP contribution >= 0.6 is 22.6 Å². The van der Waals surface area contributed by atoms with E-state index in [1.165, 1.54) is 0 Å². The summed E-state index contributed by atoms with van der Waals surface area (Å²) >= 11 is 2.26. The minimum absolute atomic E-state index is 0.530. The van der Waals surface area contributed by atoms with E-state index in [-0.39, 0.29) is 0 Å². The van der Waals surface area contributed by atoms with E-state index >= 15 is 0 Å². The van der Waals surface area contributed by atoms with Crippen LogP contribution in [-0.4, -0.2) is 46.9 Å². The second-order valence-electron chi connectivity index (χ2n) is 3.87. The van der Waals surface area contributed by atoms with Crippen LogP contribution in [0.4, 0.5) is 0 Å². The van der Waals surface area contributed by atoms with Gasteiger partial charge in [0.2, 0.25) is 0 Å². The molecule has 1 aliphatic heterocycles. The fourth-order valence-electron chi connectivity index (χ4n) is 1.66. The van der Waals surface area contributed by atoms with Crippen molar-refractivity contribution < 1.29 is 4.74 Å². The lowest BCUT2D eigenvalue weighted by Crippen LogP contribution is -2.44. The highest BCUT2D eigenvalue weighted by Gasteiger charge is 2.12. The summed E-state index contributed by atoms with van der Waals surface area (Å²) in [5, 5.41) is 4.33. The fraction of sp³-hybridized carbons (Fsp3) is 0.600. The first kappa shape index (κ1) is 12.6. The highest BCUT2D eigenvalue weighted by Crippen LogP contribution is 2.10. The van der Waals surface area contributed by atoms with Crippen molar-refractivity contribution in [1.29, 1.82) is 0 Å². The van der Waals surface area contributed by atoms with E-state index in [4.69, 9.17) is 10.5 Å². The Morgan fingerprint density at radius 3 is 2.88 bits per heavy atom. The molecule has 0 amide bonds. The van der Waals surface area contributed by atoms with Crippen molar-refractivity contribution in [1.82, 2.24) is 14.7 Å². The zero-order valence-corrected chi connectivity index (χ0v) is 11.9. The van der Waals surface area contributed by atoms with Crippen molar-refractivity contribution in [2.24, 2.45) is 17.8 Å². The molecule has 94 valence electrons. The Bertz CT molecular complexity index is 411. The third-order valence-corrected chi connectivity index (χ3v) is 3.48. The van der Waals surface area contributed by atoms with Crippen LogP contribution in [-0.2, 0) is 18.3 Å². The molecule has 1 aliphatic rings. The number of halogens is 1. The van der Waals surface area contributed by atoms with Gasteiger partial charge >= 0.3 is 0 Å². The molecule has 2 heterocycles. The Labute approximate surface area is 114 Å². The van der Waals surface area contributed by atoms with Crippen LogP contribution in [0.5, 0.6) is 0 Å². The predicted octanol–water partition coefficient (Wildman–Crippen LogP) is 0.172. The summed E-state index contributed by atoms with van der Waals surface area (Å²) in [5.41, 5.74) is 6.90. The van der Waals surface area contributed by atoms with E-state index < -0.39 is 0 Å². The Morgan fingerprint density at radius 1 is 1.59 bits per heavy atom. The van der Waals surface area contributed by atoms with Gasteiger partial charge in [-0.1, -0.05) is 0 Å². The molecule has 1 aromatic heterocycles. The molecule has 0 spiro atoms. The lowest BCUT2D eigenvalue weighted by atomic mass is 10.4. The topological polar surface area (TPSA) is 68.7 Å². The zero-order chi connectivity index (χ0) is 12.3. The Kier molecular flexibility index (Phi) is 4.21. The molecule has 7 heteroatoms. The number of hydrogen-bond donors (Lipinski definition) is 1. The van der Waals surface area contributed by atoms with Crippen LogP contribution in [0.1, 0.15) is 5.69 Å². The summed E-state index contributed by atoms with van der Waals surface area (Å²) in [5.74, 6) is 0.578. The summed E-state index contributed by atoms with van der Waals surface area (Å²) in [6, 6.07) is 0. The van der Waals surface area contributed by atoms with E-state index in [1.54, 1.807) is 4.68 Å². The van der Waals surface area contributed by atoms with Crippen LogP contribution in [0.15, 0.2) is 11.2 Å². The number of aryl methyl sites for hydroxylation is 1. The molecule has 2 rings (SSSR count). The van der Waals surface area contributed by atoms with Gasteiger partial charge in [0.05, 0.1) is 29.0 Å². The van der Waals surface area contributed by atoms with Crippen molar-refractivity contribution in [3.05, 3.63) is 15.5 Å². The third kappa shape index (κ3) is 3.32. The van der Waals surface area contributed by atoms with Crippen LogP contribution in [0.3, 0.4) is 0 Å². The van der Waals surface area contributed by atoms with Crippen LogP contribution in [0.25, 0.3) is 0 Å². The molecular formula is C10H16IN5O. The first-order chi connectivity index (χ1) is 8.16.